The molecule has 0 spiro atoms. The van der Waals surface area contributed by atoms with E-state index in [-0.39, 0.29) is 17.9 Å². The van der Waals surface area contributed by atoms with E-state index in [1.165, 1.54) is 11.1 Å². The van der Waals surface area contributed by atoms with Gasteiger partial charge < -0.3 is 4.90 Å². The molecule has 2 unspecified atom stereocenters. The van der Waals surface area contributed by atoms with Crippen LogP contribution >= 0.6 is 11.6 Å². The minimum atomic E-state index is -0.101. The highest BCUT2D eigenvalue weighted by atomic mass is 35.5. The molecule has 4 rings (SSSR count). The third-order valence-electron chi connectivity index (χ3n) is 4.97. The fraction of sp³-hybridized carbons (Fsp3) is 0.316. The Bertz CT molecular complexity index is 747. The molecule has 1 fully saturated rings. The molecule has 0 aromatic heterocycles. The molecule has 0 aliphatic carbocycles. The largest absolute Gasteiger partial charge is 0.338 e. The van der Waals surface area contributed by atoms with Gasteiger partial charge in [-0.15, -0.1) is 0 Å². The van der Waals surface area contributed by atoms with Crippen LogP contribution in [0.1, 0.15) is 22.7 Å². The monoisotopic (exact) mass is 341 g/mol. The van der Waals surface area contributed by atoms with E-state index in [0.29, 0.717) is 18.1 Å². The smallest absolute Gasteiger partial charge is 0.229 e. The van der Waals surface area contributed by atoms with Gasteiger partial charge in [-0.1, -0.05) is 48.0 Å². The Morgan fingerprint density at radius 1 is 1.08 bits per heavy atom. The molecule has 1 saturated heterocycles. The Morgan fingerprint density at radius 3 is 2.62 bits per heavy atom. The number of carbonyl (C=O) groups excluding carboxylic acids is 1. The lowest BCUT2D eigenvalue weighted by atomic mass is 9.92. The fourth-order valence-electron chi connectivity index (χ4n) is 3.63. The Kier molecular flexibility index (Phi) is 4.27. The highest BCUT2D eigenvalue weighted by molar-refractivity contribution is 6.30. The minimum Gasteiger partial charge on any atom is -0.338 e. The summed E-state index contributed by atoms with van der Waals surface area (Å²) in [5.41, 5.74) is 10.1. The van der Waals surface area contributed by atoms with Gasteiger partial charge in [-0.3, -0.25) is 10.2 Å². The lowest BCUT2D eigenvalue weighted by molar-refractivity contribution is -0.136. The van der Waals surface area contributed by atoms with Gasteiger partial charge in [0.1, 0.15) is 0 Å². The second-order valence-electron chi connectivity index (χ2n) is 6.44. The van der Waals surface area contributed by atoms with Crippen molar-refractivity contribution in [3.8, 4) is 0 Å². The van der Waals surface area contributed by atoms with Crippen molar-refractivity contribution < 1.29 is 4.79 Å². The van der Waals surface area contributed by atoms with Crippen LogP contribution in [0.3, 0.4) is 0 Å². The van der Waals surface area contributed by atoms with Crippen molar-refractivity contribution >= 4 is 17.5 Å². The van der Waals surface area contributed by atoms with Crippen LogP contribution in [-0.2, 0) is 17.8 Å². The van der Waals surface area contributed by atoms with Crippen LogP contribution in [0.15, 0.2) is 48.5 Å². The number of hydrogen-bond acceptors (Lipinski definition) is 3. The summed E-state index contributed by atoms with van der Waals surface area (Å²) >= 11 is 5.98. The van der Waals surface area contributed by atoms with E-state index in [1.807, 2.05) is 35.2 Å². The van der Waals surface area contributed by atoms with E-state index in [0.717, 1.165) is 18.5 Å². The summed E-state index contributed by atoms with van der Waals surface area (Å²) in [7, 11) is 0. The molecule has 2 aromatic carbocycles. The molecule has 124 valence electrons. The van der Waals surface area contributed by atoms with Gasteiger partial charge in [0.25, 0.3) is 0 Å². The number of benzene rings is 2. The first kappa shape index (κ1) is 15.6. The average molecular weight is 342 g/mol. The van der Waals surface area contributed by atoms with E-state index in [4.69, 9.17) is 11.6 Å². The summed E-state index contributed by atoms with van der Waals surface area (Å²) in [4.78, 5) is 15.1. The molecule has 2 aromatic rings. The molecule has 0 bridgehead atoms. The van der Waals surface area contributed by atoms with Crippen molar-refractivity contribution in [3.05, 3.63) is 70.2 Å². The van der Waals surface area contributed by atoms with Crippen molar-refractivity contribution in [2.24, 2.45) is 5.92 Å². The first-order valence-electron chi connectivity index (χ1n) is 8.32. The SMILES string of the molecule is O=C(C1CNNC1c1ccc(Cl)cc1)N1CCc2ccccc2C1. The molecule has 0 radical (unpaired) electrons. The molecule has 4 nitrogen and oxygen atoms in total. The Labute approximate surface area is 146 Å². The maximum Gasteiger partial charge on any atom is 0.229 e. The van der Waals surface area contributed by atoms with Crippen LogP contribution in [0.25, 0.3) is 0 Å². The van der Waals surface area contributed by atoms with Crippen LogP contribution in [0.2, 0.25) is 5.02 Å². The predicted octanol–water partition coefficient (Wildman–Crippen LogP) is 2.69. The lowest BCUT2D eigenvalue weighted by Gasteiger charge is -2.32. The van der Waals surface area contributed by atoms with Gasteiger partial charge in [-0.25, -0.2) is 5.43 Å². The number of fused-ring (bicyclic) bond motifs is 1. The molecular formula is C19H20ClN3O. The first-order chi connectivity index (χ1) is 11.7. The van der Waals surface area contributed by atoms with Crippen molar-refractivity contribution in [1.82, 2.24) is 15.8 Å². The first-order valence-corrected chi connectivity index (χ1v) is 8.69. The fourth-order valence-corrected chi connectivity index (χ4v) is 3.76. The number of amides is 1. The number of halogens is 1. The Hall–Kier alpha value is -1.88. The number of nitrogens with one attached hydrogen (secondary N) is 2. The highest BCUT2D eigenvalue weighted by Gasteiger charge is 2.37. The highest BCUT2D eigenvalue weighted by Crippen LogP contribution is 2.29. The molecular weight excluding hydrogens is 322 g/mol. The standard InChI is InChI=1S/C19H20ClN3O/c20-16-7-5-14(6-8-16)18-17(11-21-22-18)19(24)23-10-9-13-3-1-2-4-15(13)12-23/h1-8,17-18,21-22H,9-12H2. The zero-order valence-electron chi connectivity index (χ0n) is 13.3. The van der Waals surface area contributed by atoms with Gasteiger partial charge in [-0.05, 0) is 35.2 Å². The van der Waals surface area contributed by atoms with Crippen LogP contribution in [-0.4, -0.2) is 23.9 Å². The number of carbonyl (C=O) groups is 1. The minimum absolute atomic E-state index is 0.0214. The Morgan fingerprint density at radius 2 is 1.83 bits per heavy atom. The molecule has 2 aliphatic rings. The maximum absolute atomic E-state index is 13.1. The van der Waals surface area contributed by atoms with Crippen molar-refractivity contribution in [3.63, 3.8) is 0 Å². The molecule has 1 amide bonds. The molecule has 2 N–H and O–H groups in total. The summed E-state index contributed by atoms with van der Waals surface area (Å²) in [5.74, 6) is 0.110. The summed E-state index contributed by atoms with van der Waals surface area (Å²) in [5, 5.41) is 0.709. The zero-order chi connectivity index (χ0) is 16.5. The van der Waals surface area contributed by atoms with E-state index < -0.39 is 0 Å². The van der Waals surface area contributed by atoms with Crippen molar-refractivity contribution in [2.75, 3.05) is 13.1 Å². The quantitative estimate of drug-likeness (QED) is 0.882. The van der Waals surface area contributed by atoms with Gasteiger partial charge in [-0.2, -0.15) is 0 Å². The van der Waals surface area contributed by atoms with Gasteiger partial charge >= 0.3 is 0 Å². The van der Waals surface area contributed by atoms with Gasteiger partial charge in [0.05, 0.1) is 12.0 Å². The van der Waals surface area contributed by atoms with Crippen LogP contribution < -0.4 is 10.9 Å². The second-order valence-corrected chi connectivity index (χ2v) is 6.88. The van der Waals surface area contributed by atoms with E-state index >= 15 is 0 Å². The molecule has 2 heterocycles. The molecule has 2 aliphatic heterocycles. The summed E-state index contributed by atoms with van der Waals surface area (Å²) < 4.78 is 0. The molecule has 0 saturated carbocycles. The van der Waals surface area contributed by atoms with E-state index in [9.17, 15) is 4.79 Å². The van der Waals surface area contributed by atoms with E-state index in [1.54, 1.807) is 0 Å². The lowest BCUT2D eigenvalue weighted by Crippen LogP contribution is -2.42. The van der Waals surface area contributed by atoms with Gasteiger partial charge in [0.15, 0.2) is 0 Å². The number of nitrogens with zero attached hydrogens (tertiary/aromatic N) is 1. The predicted molar refractivity (Wildman–Crippen MR) is 94.4 cm³/mol. The van der Waals surface area contributed by atoms with Crippen molar-refractivity contribution in [2.45, 2.75) is 19.0 Å². The van der Waals surface area contributed by atoms with Gasteiger partial charge in [0, 0.05) is 24.7 Å². The molecule has 5 heteroatoms. The Balaban J connectivity index is 1.52. The van der Waals surface area contributed by atoms with E-state index in [2.05, 4.69) is 29.1 Å². The topological polar surface area (TPSA) is 44.4 Å². The van der Waals surface area contributed by atoms with Crippen LogP contribution in [0.4, 0.5) is 0 Å². The zero-order valence-corrected chi connectivity index (χ0v) is 14.1. The summed E-state index contributed by atoms with van der Waals surface area (Å²) in [6.07, 6.45) is 0.932. The third-order valence-corrected chi connectivity index (χ3v) is 5.22. The molecule has 2 atom stereocenters. The number of hydrazine groups is 1. The van der Waals surface area contributed by atoms with Crippen molar-refractivity contribution in [1.29, 1.82) is 0 Å². The van der Waals surface area contributed by atoms with Crippen LogP contribution in [0, 0.1) is 5.92 Å². The normalized spacial score (nSPS) is 23.1. The third kappa shape index (κ3) is 2.93. The molecule has 24 heavy (non-hydrogen) atoms. The number of rotatable bonds is 2. The summed E-state index contributed by atoms with van der Waals surface area (Å²) in [6, 6.07) is 16.1. The summed E-state index contributed by atoms with van der Waals surface area (Å²) in [6.45, 7) is 2.14. The number of hydrogen-bond donors (Lipinski definition) is 2. The van der Waals surface area contributed by atoms with Gasteiger partial charge in [0.2, 0.25) is 5.91 Å². The van der Waals surface area contributed by atoms with Crippen LogP contribution in [0.5, 0.6) is 0 Å². The maximum atomic E-state index is 13.1. The average Bonchev–Trinajstić information content (AvgIpc) is 3.11. The second kappa shape index (κ2) is 6.55.